The zero-order chi connectivity index (χ0) is 33.7. The first-order chi connectivity index (χ1) is 21.3. The van der Waals surface area contributed by atoms with E-state index in [2.05, 4.69) is 12.2 Å². The molecule has 45 heavy (non-hydrogen) atoms. The quantitative estimate of drug-likeness (QED) is 0.0677. The number of aliphatic carboxylic acids is 2. The van der Waals surface area contributed by atoms with E-state index < -0.39 is 45.2 Å². The number of nitro benzene ring substituents is 2. The van der Waals surface area contributed by atoms with Gasteiger partial charge in [0.15, 0.2) is 0 Å². The van der Waals surface area contributed by atoms with Gasteiger partial charge in [-0.3, -0.25) is 20.2 Å². The third-order valence-corrected chi connectivity index (χ3v) is 8.17. The molecule has 0 unspecified atom stereocenters. The smallest absolute Gasteiger partial charge is 0.334 e. The van der Waals surface area contributed by atoms with E-state index in [4.69, 9.17) is 4.74 Å². The molecule has 0 radical (unpaired) electrons. The maximum Gasteiger partial charge on any atom is 0.334 e. The summed E-state index contributed by atoms with van der Waals surface area (Å²) < 4.78 is 5.90. The van der Waals surface area contributed by atoms with Crippen molar-refractivity contribution < 1.29 is 34.4 Å². The number of benzene rings is 1. The molecule has 0 saturated carbocycles. The molecular formula is C33H49N3O9. The Hall–Kier alpha value is -3.96. The summed E-state index contributed by atoms with van der Waals surface area (Å²) in [5.41, 5.74) is -1.86. The summed E-state index contributed by atoms with van der Waals surface area (Å²) in [5.74, 6) is -4.80. The molecule has 1 aromatic carbocycles. The minimum atomic E-state index is -1.55. The van der Waals surface area contributed by atoms with Crippen molar-refractivity contribution in [2.45, 2.75) is 137 Å². The molecular weight excluding hydrogens is 582 g/mol. The highest BCUT2D eigenvalue weighted by Gasteiger charge is 2.43. The van der Waals surface area contributed by atoms with Gasteiger partial charge in [-0.25, -0.2) is 9.59 Å². The topological polar surface area (TPSA) is 182 Å². The zero-order valence-electron chi connectivity index (χ0n) is 27.3. The normalized spacial score (nSPS) is 13.7. The average molecular weight is 632 g/mol. The van der Waals surface area contributed by atoms with Crippen LogP contribution in [-0.2, 0) is 16.0 Å². The summed E-state index contributed by atoms with van der Waals surface area (Å²) in [6.45, 7) is 8.35. The molecule has 250 valence electrons. The molecule has 2 rings (SSSR count). The lowest BCUT2D eigenvalue weighted by molar-refractivity contribution is -0.395. The van der Waals surface area contributed by atoms with Crippen molar-refractivity contribution in [3.05, 3.63) is 60.0 Å². The summed E-state index contributed by atoms with van der Waals surface area (Å²) >= 11 is 0. The molecule has 1 aliphatic heterocycles. The first-order valence-electron chi connectivity index (χ1n) is 16.1. The molecule has 0 saturated heterocycles. The average Bonchev–Trinajstić information content (AvgIpc) is 2.94. The highest BCUT2D eigenvalue weighted by Crippen LogP contribution is 2.50. The van der Waals surface area contributed by atoms with Crippen molar-refractivity contribution in [2.75, 3.05) is 0 Å². The predicted molar refractivity (Wildman–Crippen MR) is 171 cm³/mol. The van der Waals surface area contributed by atoms with Crippen molar-refractivity contribution in [2.24, 2.45) is 0 Å². The van der Waals surface area contributed by atoms with Gasteiger partial charge >= 0.3 is 17.6 Å². The number of hydrogen-bond acceptors (Lipinski definition) is 8. The summed E-state index contributed by atoms with van der Waals surface area (Å²) in [5, 5.41) is 47.8. The van der Waals surface area contributed by atoms with Gasteiger partial charge < -0.3 is 20.3 Å². The summed E-state index contributed by atoms with van der Waals surface area (Å²) in [6, 6.07) is 0.841. The molecule has 12 nitrogen and oxygen atoms in total. The van der Waals surface area contributed by atoms with Crippen LogP contribution in [0.1, 0.15) is 135 Å². The lowest BCUT2D eigenvalue weighted by atomic mass is 9.76. The van der Waals surface area contributed by atoms with Crippen molar-refractivity contribution >= 4 is 23.3 Å². The Morgan fingerprint density at radius 2 is 1.22 bits per heavy atom. The number of dihydropyridines is 1. The second-order valence-corrected chi connectivity index (χ2v) is 12.1. The number of carbonyl (C=O) groups is 2. The van der Waals surface area contributed by atoms with Crippen LogP contribution in [0.15, 0.2) is 28.6 Å². The van der Waals surface area contributed by atoms with E-state index in [1.54, 1.807) is 13.8 Å². The number of nitro groups is 2. The minimum Gasteiger partial charge on any atom is -0.484 e. The van der Waals surface area contributed by atoms with E-state index in [1.165, 1.54) is 58.8 Å². The Balaban J connectivity index is 2.46. The van der Waals surface area contributed by atoms with Gasteiger partial charge in [0.1, 0.15) is 0 Å². The van der Waals surface area contributed by atoms with Crippen LogP contribution < -0.4 is 10.1 Å². The molecule has 1 aromatic rings. The monoisotopic (exact) mass is 631 g/mol. The number of rotatable bonds is 21. The molecule has 0 bridgehead atoms. The van der Waals surface area contributed by atoms with Gasteiger partial charge in [-0.2, -0.15) is 0 Å². The van der Waals surface area contributed by atoms with Crippen molar-refractivity contribution in [3.63, 3.8) is 0 Å². The van der Waals surface area contributed by atoms with E-state index in [9.17, 15) is 40.0 Å². The maximum absolute atomic E-state index is 12.6. The van der Waals surface area contributed by atoms with Crippen LogP contribution in [0.2, 0.25) is 0 Å². The zero-order valence-corrected chi connectivity index (χ0v) is 27.3. The van der Waals surface area contributed by atoms with Crippen LogP contribution in [0.3, 0.4) is 0 Å². The SMILES string of the molecule is CCCCCCCCCCCCCCCc1c([N+](=O)[O-])cc([N+](=O)[O-])c(OC(C)C)c1C1C(C(=O)O)=C(C)NC(C)=C1C(=O)O. The van der Waals surface area contributed by atoms with Gasteiger partial charge in [0, 0.05) is 22.5 Å². The van der Waals surface area contributed by atoms with Crippen LogP contribution in [-0.4, -0.2) is 38.1 Å². The molecule has 0 atom stereocenters. The van der Waals surface area contributed by atoms with E-state index in [1.807, 2.05) is 0 Å². The summed E-state index contributed by atoms with van der Waals surface area (Å²) in [7, 11) is 0. The molecule has 0 aliphatic carbocycles. The third kappa shape index (κ3) is 10.3. The molecule has 1 heterocycles. The van der Waals surface area contributed by atoms with Gasteiger partial charge in [0.2, 0.25) is 5.75 Å². The van der Waals surface area contributed by atoms with Crippen LogP contribution in [0.4, 0.5) is 11.4 Å². The van der Waals surface area contributed by atoms with E-state index in [0.29, 0.717) is 6.42 Å². The van der Waals surface area contributed by atoms with Crippen LogP contribution in [0.5, 0.6) is 5.75 Å². The number of unbranched alkanes of at least 4 members (excludes halogenated alkanes) is 12. The van der Waals surface area contributed by atoms with Crippen LogP contribution >= 0.6 is 0 Å². The number of allylic oxidation sites excluding steroid dienone is 2. The molecule has 0 aromatic heterocycles. The van der Waals surface area contributed by atoms with Crippen molar-refractivity contribution in [3.8, 4) is 5.75 Å². The second-order valence-electron chi connectivity index (χ2n) is 12.1. The Morgan fingerprint density at radius 3 is 1.60 bits per heavy atom. The van der Waals surface area contributed by atoms with Crippen molar-refractivity contribution in [1.82, 2.24) is 5.32 Å². The standard InChI is InChI=1S/C33H49N3O9/c1-6-7-8-9-10-11-12-13-14-15-16-17-18-19-24-25(35(41)42)20-26(36(43)44)31(45-21(2)3)29(24)30-27(32(37)38)22(4)34-23(5)28(30)33(39)40/h20-21,30,34H,6-19H2,1-5H3,(H,37,38)(H,39,40). The minimum absolute atomic E-state index is 0.0503. The molecule has 0 spiro atoms. The first-order valence-corrected chi connectivity index (χ1v) is 16.1. The number of carboxylic acid groups (broad SMARTS) is 2. The van der Waals surface area contributed by atoms with Gasteiger partial charge in [-0.05, 0) is 40.5 Å². The summed E-state index contributed by atoms with van der Waals surface area (Å²) in [4.78, 5) is 48.1. The number of hydrogen-bond donors (Lipinski definition) is 3. The molecule has 0 fully saturated rings. The Kier molecular flexibility index (Phi) is 15.0. The second kappa shape index (κ2) is 18.1. The fraction of sp³-hybridized carbons (Fsp3) is 0.636. The van der Waals surface area contributed by atoms with Gasteiger partial charge in [0.25, 0.3) is 5.69 Å². The van der Waals surface area contributed by atoms with Crippen LogP contribution in [0, 0.1) is 20.2 Å². The molecule has 0 amide bonds. The lowest BCUT2D eigenvalue weighted by Gasteiger charge is -2.31. The van der Waals surface area contributed by atoms with Crippen LogP contribution in [0.25, 0.3) is 0 Å². The molecule has 1 aliphatic rings. The van der Waals surface area contributed by atoms with Gasteiger partial charge in [0.05, 0.1) is 39.1 Å². The Labute approximate surface area is 265 Å². The fourth-order valence-electron chi connectivity index (χ4n) is 6.09. The Bertz CT molecular complexity index is 1260. The first kappa shape index (κ1) is 37.2. The summed E-state index contributed by atoms with van der Waals surface area (Å²) in [6.07, 6.45) is 13.7. The lowest BCUT2D eigenvalue weighted by Crippen LogP contribution is -2.32. The number of carboxylic acids is 2. The Morgan fingerprint density at radius 1 is 0.800 bits per heavy atom. The molecule has 3 N–H and O–H groups in total. The maximum atomic E-state index is 12.6. The largest absolute Gasteiger partial charge is 0.484 e. The van der Waals surface area contributed by atoms with Gasteiger partial charge in [-0.15, -0.1) is 0 Å². The molecule has 12 heteroatoms. The van der Waals surface area contributed by atoms with E-state index in [-0.39, 0.29) is 45.8 Å². The van der Waals surface area contributed by atoms with Crippen molar-refractivity contribution in [1.29, 1.82) is 0 Å². The highest BCUT2D eigenvalue weighted by molar-refractivity contribution is 5.99. The highest BCUT2D eigenvalue weighted by atomic mass is 16.6. The number of ether oxygens (including phenoxy) is 1. The van der Waals surface area contributed by atoms with E-state index in [0.717, 1.165) is 38.2 Å². The van der Waals surface area contributed by atoms with Gasteiger partial charge in [-0.1, -0.05) is 84.0 Å². The number of nitrogens with one attached hydrogen (secondary N) is 1. The fourth-order valence-corrected chi connectivity index (χ4v) is 6.09. The number of nitrogens with zero attached hydrogens (tertiary/aromatic N) is 2. The predicted octanol–water partition coefficient (Wildman–Crippen LogP) is 8.33. The van der Waals surface area contributed by atoms with E-state index >= 15 is 0 Å². The third-order valence-electron chi connectivity index (χ3n) is 8.17.